The number of unbranched alkanes of at least 4 members (excludes halogenated alkanes) is 1. The van der Waals surface area contributed by atoms with Crippen molar-refractivity contribution in [3.05, 3.63) is 50.1 Å². The molecular weight excluding hydrogens is 376 g/mol. The summed E-state index contributed by atoms with van der Waals surface area (Å²) >= 11 is 5.07. The Morgan fingerprint density at radius 2 is 2.17 bits per heavy atom. The van der Waals surface area contributed by atoms with E-state index in [1.807, 2.05) is 30.5 Å². The van der Waals surface area contributed by atoms with E-state index in [4.69, 9.17) is 10.5 Å². The second-order valence-electron chi connectivity index (χ2n) is 5.28. The van der Waals surface area contributed by atoms with E-state index in [1.165, 1.54) is 0 Å². The van der Waals surface area contributed by atoms with Gasteiger partial charge in [0.05, 0.1) is 3.79 Å². The van der Waals surface area contributed by atoms with E-state index in [9.17, 15) is 4.79 Å². The summed E-state index contributed by atoms with van der Waals surface area (Å²) in [5.74, 6) is 0.659. The fourth-order valence-corrected chi connectivity index (χ4v) is 3.25. The van der Waals surface area contributed by atoms with Crippen LogP contribution in [0.15, 0.2) is 33.4 Å². The monoisotopic (exact) mass is 396 g/mol. The van der Waals surface area contributed by atoms with E-state index in [-0.39, 0.29) is 5.91 Å². The third-order valence-electron chi connectivity index (χ3n) is 3.38. The molecule has 0 aliphatic heterocycles. The van der Waals surface area contributed by atoms with Crippen molar-refractivity contribution < 1.29 is 9.53 Å². The average Bonchev–Trinajstić information content (AvgIpc) is 2.96. The summed E-state index contributed by atoms with van der Waals surface area (Å²) in [6.45, 7) is 3.76. The normalized spacial score (nSPS) is 10.6. The van der Waals surface area contributed by atoms with E-state index in [2.05, 4.69) is 21.2 Å². The summed E-state index contributed by atoms with van der Waals surface area (Å²) in [6, 6.07) is 7.57. The van der Waals surface area contributed by atoms with E-state index in [1.54, 1.807) is 17.4 Å². The van der Waals surface area contributed by atoms with Crippen LogP contribution >= 0.6 is 27.3 Å². The Balaban J connectivity index is 1.96. The second kappa shape index (κ2) is 9.05. The SMILES string of the molecule is Cc1ccc(C(=O)NCCCCN)cc1OCc1csc(Br)c1. The molecule has 124 valence electrons. The average molecular weight is 397 g/mol. The predicted molar refractivity (Wildman–Crippen MR) is 98.2 cm³/mol. The zero-order valence-corrected chi connectivity index (χ0v) is 15.5. The molecule has 0 aliphatic carbocycles. The van der Waals surface area contributed by atoms with Gasteiger partial charge >= 0.3 is 0 Å². The maximum Gasteiger partial charge on any atom is 0.251 e. The van der Waals surface area contributed by atoms with Crippen LogP contribution in [0.1, 0.15) is 34.3 Å². The number of ether oxygens (including phenoxy) is 1. The highest BCUT2D eigenvalue weighted by atomic mass is 79.9. The number of halogens is 1. The number of benzene rings is 1. The van der Waals surface area contributed by atoms with Gasteiger partial charge in [0.1, 0.15) is 12.4 Å². The van der Waals surface area contributed by atoms with E-state index in [0.717, 1.165) is 33.5 Å². The number of hydrogen-bond acceptors (Lipinski definition) is 4. The molecule has 1 aromatic carbocycles. The topological polar surface area (TPSA) is 64.4 Å². The first-order valence-corrected chi connectivity index (χ1v) is 9.22. The number of rotatable bonds is 8. The molecule has 1 amide bonds. The summed E-state index contributed by atoms with van der Waals surface area (Å²) in [5.41, 5.74) is 8.18. The largest absolute Gasteiger partial charge is 0.489 e. The summed E-state index contributed by atoms with van der Waals surface area (Å²) in [4.78, 5) is 12.1. The Morgan fingerprint density at radius 1 is 1.35 bits per heavy atom. The second-order valence-corrected chi connectivity index (χ2v) is 7.57. The van der Waals surface area contributed by atoms with Crippen molar-refractivity contribution in [3.8, 4) is 5.75 Å². The van der Waals surface area contributed by atoms with E-state index in [0.29, 0.717) is 25.3 Å². The van der Waals surface area contributed by atoms with Crippen molar-refractivity contribution in [1.29, 1.82) is 0 Å². The van der Waals surface area contributed by atoms with Gasteiger partial charge in [-0.15, -0.1) is 11.3 Å². The molecule has 6 heteroatoms. The molecule has 0 spiro atoms. The molecular formula is C17H21BrN2O2S. The van der Waals surface area contributed by atoms with Crippen molar-refractivity contribution >= 4 is 33.2 Å². The molecule has 1 heterocycles. The summed E-state index contributed by atoms with van der Waals surface area (Å²) < 4.78 is 6.94. The van der Waals surface area contributed by atoms with Gasteiger partial charge in [-0.1, -0.05) is 6.07 Å². The highest BCUT2D eigenvalue weighted by Crippen LogP contribution is 2.24. The lowest BCUT2D eigenvalue weighted by molar-refractivity contribution is 0.0952. The fourth-order valence-electron chi connectivity index (χ4n) is 2.05. The Kier molecular flexibility index (Phi) is 7.08. The lowest BCUT2D eigenvalue weighted by atomic mass is 10.1. The molecule has 1 aromatic heterocycles. The van der Waals surface area contributed by atoms with E-state index < -0.39 is 0 Å². The number of amides is 1. The van der Waals surface area contributed by atoms with Crippen LogP contribution in [-0.2, 0) is 6.61 Å². The van der Waals surface area contributed by atoms with Crippen molar-refractivity contribution in [2.75, 3.05) is 13.1 Å². The molecule has 2 aromatic rings. The summed E-state index contributed by atoms with van der Waals surface area (Å²) in [7, 11) is 0. The Labute approximate surface area is 149 Å². The Morgan fingerprint density at radius 3 is 2.87 bits per heavy atom. The van der Waals surface area contributed by atoms with Crippen LogP contribution in [0.2, 0.25) is 0 Å². The number of nitrogens with one attached hydrogen (secondary N) is 1. The number of aryl methyl sites for hydroxylation is 1. The first-order valence-electron chi connectivity index (χ1n) is 7.55. The molecule has 3 N–H and O–H groups in total. The molecule has 0 saturated heterocycles. The summed E-state index contributed by atoms with van der Waals surface area (Å²) in [6.07, 6.45) is 1.81. The Hall–Kier alpha value is -1.37. The maximum atomic E-state index is 12.1. The van der Waals surface area contributed by atoms with Crippen LogP contribution in [-0.4, -0.2) is 19.0 Å². The van der Waals surface area contributed by atoms with Gasteiger partial charge in [-0.3, -0.25) is 4.79 Å². The smallest absolute Gasteiger partial charge is 0.251 e. The van der Waals surface area contributed by atoms with Crippen molar-refractivity contribution in [2.45, 2.75) is 26.4 Å². The van der Waals surface area contributed by atoms with Gasteiger partial charge in [0, 0.05) is 17.7 Å². The maximum absolute atomic E-state index is 12.1. The van der Waals surface area contributed by atoms with Crippen LogP contribution in [0.3, 0.4) is 0 Å². The summed E-state index contributed by atoms with van der Waals surface area (Å²) in [5, 5.41) is 4.95. The van der Waals surface area contributed by atoms with Crippen LogP contribution < -0.4 is 15.8 Å². The minimum Gasteiger partial charge on any atom is -0.489 e. The molecule has 0 aliphatic rings. The zero-order valence-electron chi connectivity index (χ0n) is 13.1. The molecule has 0 atom stereocenters. The molecule has 0 fully saturated rings. The fraction of sp³-hybridized carbons (Fsp3) is 0.353. The number of nitrogens with two attached hydrogens (primary N) is 1. The van der Waals surface area contributed by atoms with Crippen molar-refractivity contribution in [1.82, 2.24) is 5.32 Å². The highest BCUT2D eigenvalue weighted by molar-refractivity contribution is 9.11. The number of carbonyl (C=O) groups is 1. The quantitative estimate of drug-likeness (QED) is 0.665. The van der Waals surface area contributed by atoms with Gasteiger partial charge in [0.2, 0.25) is 0 Å². The molecule has 0 bridgehead atoms. The lowest BCUT2D eigenvalue weighted by Crippen LogP contribution is -2.24. The van der Waals surface area contributed by atoms with E-state index >= 15 is 0 Å². The predicted octanol–water partition coefficient (Wildman–Crippen LogP) is 3.87. The van der Waals surface area contributed by atoms with Crippen molar-refractivity contribution in [2.24, 2.45) is 5.73 Å². The van der Waals surface area contributed by atoms with Crippen LogP contribution in [0.25, 0.3) is 0 Å². The first-order chi connectivity index (χ1) is 11.1. The zero-order chi connectivity index (χ0) is 16.7. The van der Waals surface area contributed by atoms with Gasteiger partial charge < -0.3 is 15.8 Å². The lowest BCUT2D eigenvalue weighted by Gasteiger charge is -2.11. The highest BCUT2D eigenvalue weighted by Gasteiger charge is 2.09. The van der Waals surface area contributed by atoms with Crippen LogP contribution in [0.4, 0.5) is 0 Å². The van der Waals surface area contributed by atoms with Crippen molar-refractivity contribution in [3.63, 3.8) is 0 Å². The van der Waals surface area contributed by atoms with Gasteiger partial charge in [-0.25, -0.2) is 0 Å². The van der Waals surface area contributed by atoms with Gasteiger partial charge in [-0.2, -0.15) is 0 Å². The van der Waals surface area contributed by atoms with Gasteiger partial charge in [0.15, 0.2) is 0 Å². The van der Waals surface area contributed by atoms with Crippen LogP contribution in [0.5, 0.6) is 5.75 Å². The first kappa shape index (κ1) is 18.0. The minimum atomic E-state index is -0.0786. The third kappa shape index (κ3) is 5.64. The number of carbonyl (C=O) groups excluding carboxylic acids is 1. The molecule has 23 heavy (non-hydrogen) atoms. The number of thiophene rings is 1. The van der Waals surface area contributed by atoms with Crippen LogP contribution in [0, 0.1) is 6.92 Å². The molecule has 0 saturated carbocycles. The molecule has 4 nitrogen and oxygen atoms in total. The standard InChI is InChI=1S/C17H21BrN2O2S/c1-12-4-5-14(17(21)20-7-3-2-6-19)9-15(12)22-10-13-8-16(18)23-11-13/h4-5,8-9,11H,2-3,6-7,10,19H2,1H3,(H,20,21). The molecule has 2 rings (SSSR count). The number of hydrogen-bond donors (Lipinski definition) is 2. The minimum absolute atomic E-state index is 0.0786. The third-order valence-corrected chi connectivity index (χ3v) is 4.94. The molecule has 0 radical (unpaired) electrons. The Bertz CT molecular complexity index is 658. The molecule has 0 unspecified atom stereocenters. The van der Waals surface area contributed by atoms with Gasteiger partial charge in [-0.05, 0) is 71.4 Å². The van der Waals surface area contributed by atoms with Gasteiger partial charge in [0.25, 0.3) is 5.91 Å².